The van der Waals surface area contributed by atoms with Gasteiger partial charge < -0.3 is 24.9 Å². The number of terminal acetylenes is 1. The molecule has 0 fully saturated rings. The summed E-state index contributed by atoms with van der Waals surface area (Å²) in [5.74, 6) is 2.40. The first kappa shape index (κ1) is 18.8. The van der Waals surface area contributed by atoms with Crippen molar-refractivity contribution in [2.24, 2.45) is 0 Å². The Balaban J connectivity index is 0. The maximum Gasteiger partial charge on any atom is 0.633 e. The summed E-state index contributed by atoms with van der Waals surface area (Å²) >= 11 is 0. The zero-order valence-electron chi connectivity index (χ0n) is 11.0. The lowest BCUT2D eigenvalue weighted by Crippen LogP contribution is -2.44. The molecule has 0 aromatic carbocycles. The van der Waals surface area contributed by atoms with Gasteiger partial charge in [-0.3, -0.25) is 0 Å². The van der Waals surface area contributed by atoms with E-state index in [1.165, 1.54) is 0 Å². The summed E-state index contributed by atoms with van der Waals surface area (Å²) in [4.78, 5) is 0. The van der Waals surface area contributed by atoms with Crippen LogP contribution in [0.2, 0.25) is 0 Å². The predicted molar refractivity (Wildman–Crippen MR) is 66.8 cm³/mol. The minimum atomic E-state index is -1.66. The molecular formula is C11H23BO5. The average Bonchev–Trinajstić information content (AvgIpc) is 2.10. The Morgan fingerprint density at radius 1 is 1.12 bits per heavy atom. The van der Waals surface area contributed by atoms with Crippen LogP contribution in [0.1, 0.15) is 40.5 Å². The second kappa shape index (κ2) is 8.51. The Hall–Kier alpha value is -0.575. The molecule has 0 aromatic heterocycles. The quantitative estimate of drug-likeness (QED) is 0.309. The predicted octanol–water partition coefficient (Wildman–Crippen LogP) is -0.0859. The lowest BCUT2D eigenvalue weighted by atomic mass is 9.90. The van der Waals surface area contributed by atoms with Gasteiger partial charge in [-0.05, 0) is 34.1 Å². The summed E-state index contributed by atoms with van der Waals surface area (Å²) in [6, 6.07) is 0. The van der Waals surface area contributed by atoms with Crippen molar-refractivity contribution >= 4 is 7.32 Å². The Morgan fingerprint density at radius 2 is 1.53 bits per heavy atom. The van der Waals surface area contributed by atoms with E-state index in [-0.39, 0.29) is 0 Å². The van der Waals surface area contributed by atoms with Crippen LogP contribution in [-0.2, 0) is 4.65 Å². The molecule has 0 spiro atoms. The van der Waals surface area contributed by atoms with Crippen molar-refractivity contribution in [1.82, 2.24) is 0 Å². The zero-order valence-corrected chi connectivity index (χ0v) is 11.0. The maximum atomic E-state index is 9.10. The molecule has 100 valence electrons. The molecule has 0 saturated heterocycles. The van der Waals surface area contributed by atoms with Gasteiger partial charge in [-0.1, -0.05) is 0 Å². The van der Waals surface area contributed by atoms with Crippen molar-refractivity contribution in [1.29, 1.82) is 0 Å². The van der Waals surface area contributed by atoms with E-state index >= 15 is 0 Å². The van der Waals surface area contributed by atoms with Crippen molar-refractivity contribution < 1.29 is 24.9 Å². The van der Waals surface area contributed by atoms with E-state index < -0.39 is 18.5 Å². The number of rotatable bonds is 5. The molecule has 0 saturated carbocycles. The topological polar surface area (TPSA) is 90.2 Å². The minimum Gasteiger partial charge on any atom is -0.402 e. The molecule has 0 aliphatic heterocycles. The second-order valence-electron chi connectivity index (χ2n) is 4.62. The highest BCUT2D eigenvalue weighted by molar-refractivity contribution is 6.32. The fraction of sp³-hybridized carbons (Fsp3) is 0.818. The van der Waals surface area contributed by atoms with E-state index in [9.17, 15) is 0 Å². The van der Waals surface area contributed by atoms with Crippen molar-refractivity contribution in [3.05, 3.63) is 0 Å². The van der Waals surface area contributed by atoms with Crippen molar-refractivity contribution in [3.63, 3.8) is 0 Å². The number of unbranched alkanes of at least 4 members (excludes halogenated alkanes) is 1. The number of hydrogen-bond acceptors (Lipinski definition) is 5. The van der Waals surface area contributed by atoms with Crippen LogP contribution in [0, 0.1) is 12.3 Å². The van der Waals surface area contributed by atoms with Crippen LogP contribution in [0.4, 0.5) is 0 Å². The fourth-order valence-electron chi connectivity index (χ4n) is 0.363. The molecule has 0 heterocycles. The molecule has 0 bridgehead atoms. The van der Waals surface area contributed by atoms with Gasteiger partial charge in [0, 0.05) is 13.0 Å². The average molecular weight is 246 g/mol. The Labute approximate surface area is 104 Å². The summed E-state index contributed by atoms with van der Waals surface area (Å²) in [6.45, 7) is 6.60. The first-order valence-corrected chi connectivity index (χ1v) is 5.38. The van der Waals surface area contributed by atoms with Gasteiger partial charge in [0.25, 0.3) is 0 Å². The molecule has 0 aromatic rings. The fourth-order valence-corrected chi connectivity index (χ4v) is 0.363. The van der Waals surface area contributed by atoms with E-state index in [0.29, 0.717) is 19.4 Å². The molecule has 5 nitrogen and oxygen atoms in total. The standard InChI is InChI=1S/C6H14O2.C5H9BO3/c1-5(2,7)6(3,4)8;1-2-3-4-5-9-6(7)8/h7-8H,1-4H3;1,7-8H,3-5H2. The lowest BCUT2D eigenvalue weighted by molar-refractivity contribution is -0.107. The molecule has 4 N–H and O–H groups in total. The van der Waals surface area contributed by atoms with E-state index in [4.69, 9.17) is 26.7 Å². The first-order valence-electron chi connectivity index (χ1n) is 5.38. The largest absolute Gasteiger partial charge is 0.633 e. The van der Waals surface area contributed by atoms with Crippen LogP contribution in [0.25, 0.3) is 0 Å². The highest BCUT2D eigenvalue weighted by atomic mass is 16.6. The molecule has 0 aliphatic rings. The molecule has 0 radical (unpaired) electrons. The Kier molecular flexibility index (Phi) is 9.40. The Morgan fingerprint density at radius 3 is 1.76 bits per heavy atom. The van der Waals surface area contributed by atoms with Gasteiger partial charge in [-0.15, -0.1) is 12.3 Å². The van der Waals surface area contributed by atoms with Gasteiger partial charge in [0.05, 0.1) is 11.2 Å². The third-order valence-electron chi connectivity index (χ3n) is 2.23. The third kappa shape index (κ3) is 13.4. The van der Waals surface area contributed by atoms with Crippen LogP contribution < -0.4 is 0 Å². The van der Waals surface area contributed by atoms with Gasteiger partial charge in [-0.25, -0.2) is 0 Å². The summed E-state index contributed by atoms with van der Waals surface area (Å²) in [5, 5.41) is 34.5. The summed E-state index contributed by atoms with van der Waals surface area (Å²) < 4.78 is 4.36. The van der Waals surface area contributed by atoms with Crippen LogP contribution in [0.3, 0.4) is 0 Å². The van der Waals surface area contributed by atoms with E-state index in [1.54, 1.807) is 27.7 Å². The summed E-state index contributed by atoms with van der Waals surface area (Å²) in [6.07, 6.45) is 6.18. The Bertz CT molecular complexity index is 209. The highest BCUT2D eigenvalue weighted by Crippen LogP contribution is 2.19. The minimum absolute atomic E-state index is 0.294. The van der Waals surface area contributed by atoms with Crippen LogP contribution in [0.15, 0.2) is 0 Å². The van der Waals surface area contributed by atoms with Gasteiger partial charge in [-0.2, -0.15) is 0 Å². The van der Waals surface area contributed by atoms with E-state index in [1.807, 2.05) is 0 Å². The molecule has 6 heteroatoms. The van der Waals surface area contributed by atoms with Gasteiger partial charge in [0.2, 0.25) is 0 Å². The molecule has 0 rings (SSSR count). The second-order valence-corrected chi connectivity index (χ2v) is 4.62. The lowest BCUT2D eigenvalue weighted by Gasteiger charge is -2.31. The summed E-state index contributed by atoms with van der Waals surface area (Å²) in [5.41, 5.74) is -2.01. The van der Waals surface area contributed by atoms with Crippen molar-refractivity contribution in [2.75, 3.05) is 6.61 Å². The van der Waals surface area contributed by atoms with Crippen LogP contribution in [-0.4, -0.2) is 45.4 Å². The highest BCUT2D eigenvalue weighted by Gasteiger charge is 2.31. The zero-order chi connectivity index (χ0) is 14.1. The van der Waals surface area contributed by atoms with Crippen molar-refractivity contribution in [2.45, 2.75) is 51.7 Å². The SMILES string of the molecule is C#CCCCOB(O)O.CC(C)(O)C(C)(C)O. The van der Waals surface area contributed by atoms with E-state index in [2.05, 4.69) is 10.6 Å². The molecular weight excluding hydrogens is 223 g/mol. The molecule has 17 heavy (non-hydrogen) atoms. The number of aliphatic hydroxyl groups is 2. The normalized spacial score (nSPS) is 11.2. The van der Waals surface area contributed by atoms with Crippen LogP contribution >= 0.6 is 0 Å². The summed E-state index contributed by atoms with van der Waals surface area (Å²) in [7, 11) is -1.66. The van der Waals surface area contributed by atoms with Crippen molar-refractivity contribution in [3.8, 4) is 12.3 Å². The molecule has 0 atom stereocenters. The molecule has 0 unspecified atom stereocenters. The van der Waals surface area contributed by atoms with Gasteiger partial charge in [0.1, 0.15) is 0 Å². The number of hydrogen-bond donors (Lipinski definition) is 4. The van der Waals surface area contributed by atoms with Gasteiger partial charge in [0.15, 0.2) is 0 Å². The van der Waals surface area contributed by atoms with Gasteiger partial charge >= 0.3 is 7.32 Å². The molecule has 0 aliphatic carbocycles. The first-order chi connectivity index (χ1) is 7.52. The van der Waals surface area contributed by atoms with E-state index in [0.717, 1.165) is 0 Å². The third-order valence-corrected chi connectivity index (χ3v) is 2.23. The smallest absolute Gasteiger partial charge is 0.402 e. The molecule has 0 amide bonds. The van der Waals surface area contributed by atoms with Crippen LogP contribution in [0.5, 0.6) is 0 Å². The monoisotopic (exact) mass is 246 g/mol. The maximum absolute atomic E-state index is 9.10.